The minimum absolute atomic E-state index is 0.0896. The van der Waals surface area contributed by atoms with Crippen molar-refractivity contribution < 1.29 is 24.2 Å². The molecule has 0 aliphatic rings. The molecule has 0 saturated heterocycles. The predicted molar refractivity (Wildman–Crippen MR) is 135 cm³/mol. The first-order valence-corrected chi connectivity index (χ1v) is 10.9. The molecule has 9 heteroatoms. The first kappa shape index (κ1) is 25.3. The van der Waals surface area contributed by atoms with Gasteiger partial charge in [-0.05, 0) is 53.9 Å². The second-order valence-corrected chi connectivity index (χ2v) is 7.98. The lowest BCUT2D eigenvalue weighted by Crippen LogP contribution is -2.20. The number of methoxy groups -OCH3 is 1. The number of carbonyl (C=O) groups is 3. The average molecular weight is 477 g/mol. The van der Waals surface area contributed by atoms with Crippen molar-refractivity contribution in [3.8, 4) is 5.75 Å². The number of urea groups is 1. The number of hydrogen-bond donors (Lipinski definition) is 5. The topological polar surface area (TPSA) is 143 Å². The number of nitrogens with one attached hydrogen (secondary N) is 3. The molecule has 0 aliphatic heterocycles. The van der Waals surface area contributed by atoms with E-state index in [-0.39, 0.29) is 18.7 Å². The lowest BCUT2D eigenvalue weighted by atomic mass is 10.0. The van der Waals surface area contributed by atoms with E-state index in [2.05, 4.69) is 16.0 Å². The molecule has 0 radical (unpaired) electrons. The van der Waals surface area contributed by atoms with Gasteiger partial charge in [-0.25, -0.2) is 4.79 Å². The number of amides is 3. The highest BCUT2D eigenvalue weighted by molar-refractivity contribution is 6.01. The number of carboxylic acid groups (broad SMARTS) is 1. The Morgan fingerprint density at radius 3 is 2.29 bits per heavy atom. The van der Waals surface area contributed by atoms with Crippen molar-refractivity contribution in [3.63, 3.8) is 0 Å². The van der Waals surface area contributed by atoms with E-state index in [4.69, 9.17) is 15.6 Å². The largest absolute Gasteiger partial charge is 0.495 e. The van der Waals surface area contributed by atoms with Crippen LogP contribution in [0.5, 0.6) is 5.75 Å². The Morgan fingerprint density at radius 1 is 0.943 bits per heavy atom. The number of anilines is 3. The van der Waals surface area contributed by atoms with E-state index in [1.165, 1.54) is 7.11 Å². The number of benzene rings is 3. The fourth-order valence-electron chi connectivity index (χ4n) is 3.45. The minimum atomic E-state index is -0.974. The number of carboxylic acids is 1. The van der Waals surface area contributed by atoms with Gasteiger partial charge in [0.15, 0.2) is 0 Å². The highest BCUT2D eigenvalue weighted by Gasteiger charge is 2.13. The molecule has 0 fully saturated rings. The van der Waals surface area contributed by atoms with Crippen molar-refractivity contribution in [1.82, 2.24) is 0 Å². The summed E-state index contributed by atoms with van der Waals surface area (Å²) in [5, 5.41) is 17.2. The van der Waals surface area contributed by atoms with Gasteiger partial charge in [0, 0.05) is 17.4 Å². The molecule has 0 aliphatic carbocycles. The van der Waals surface area contributed by atoms with Crippen LogP contribution in [0.3, 0.4) is 0 Å². The lowest BCUT2D eigenvalue weighted by molar-refractivity contribution is -0.137. The molecule has 3 aromatic carbocycles. The van der Waals surface area contributed by atoms with Crippen LogP contribution in [0.15, 0.2) is 66.7 Å². The molecule has 0 aromatic heterocycles. The Labute approximate surface area is 203 Å². The second kappa shape index (κ2) is 11.7. The number of para-hydroxylation sites is 1. The quantitative estimate of drug-likeness (QED) is 0.312. The number of ether oxygens (including phenoxy) is 1. The number of hydrogen-bond acceptors (Lipinski definition) is 5. The molecule has 9 nitrogen and oxygen atoms in total. The minimum Gasteiger partial charge on any atom is -0.495 e. The van der Waals surface area contributed by atoms with E-state index >= 15 is 0 Å². The zero-order valence-corrected chi connectivity index (χ0v) is 19.5. The van der Waals surface area contributed by atoms with Gasteiger partial charge in [-0.3, -0.25) is 9.59 Å². The van der Waals surface area contributed by atoms with E-state index in [9.17, 15) is 14.4 Å². The highest BCUT2D eigenvalue weighted by atomic mass is 16.5. The van der Waals surface area contributed by atoms with Crippen molar-refractivity contribution in [2.24, 2.45) is 5.73 Å². The van der Waals surface area contributed by atoms with Gasteiger partial charge in [0.1, 0.15) is 5.75 Å². The standard InChI is InChI=1S/C26H28N4O5/c1-16-5-3-4-6-21(16)29-26(34)30-22-12-7-17(13-23(22)35-2)14-24(31)28-19-10-8-18(9-11-19)20(27)15-25(32)33/h3-13,20H,14-15,27H2,1-2H3,(H,28,31)(H,32,33)(H2,29,30,34). The van der Waals surface area contributed by atoms with Crippen LogP contribution in [0.25, 0.3) is 0 Å². The van der Waals surface area contributed by atoms with Gasteiger partial charge in [0.25, 0.3) is 0 Å². The van der Waals surface area contributed by atoms with E-state index in [1.807, 2.05) is 31.2 Å². The molecule has 0 saturated carbocycles. The molecular formula is C26H28N4O5. The SMILES string of the molecule is COc1cc(CC(=O)Nc2ccc(C(N)CC(=O)O)cc2)ccc1NC(=O)Nc1ccccc1C. The average Bonchev–Trinajstić information content (AvgIpc) is 2.81. The molecule has 3 rings (SSSR count). The van der Waals surface area contributed by atoms with Crippen molar-refractivity contribution in [2.45, 2.75) is 25.8 Å². The van der Waals surface area contributed by atoms with Crippen molar-refractivity contribution in [3.05, 3.63) is 83.4 Å². The summed E-state index contributed by atoms with van der Waals surface area (Å²) in [5.41, 5.74) is 9.90. The Bertz CT molecular complexity index is 1210. The third-order valence-corrected chi connectivity index (χ3v) is 5.29. The summed E-state index contributed by atoms with van der Waals surface area (Å²) < 4.78 is 5.40. The monoisotopic (exact) mass is 476 g/mol. The summed E-state index contributed by atoms with van der Waals surface area (Å²) >= 11 is 0. The van der Waals surface area contributed by atoms with Gasteiger partial charge in [-0.2, -0.15) is 0 Å². The molecule has 0 spiro atoms. The third-order valence-electron chi connectivity index (χ3n) is 5.29. The smallest absolute Gasteiger partial charge is 0.323 e. The molecule has 1 atom stereocenters. The summed E-state index contributed by atoms with van der Waals surface area (Å²) in [5.74, 6) is -0.793. The van der Waals surface area contributed by atoms with E-state index in [0.717, 1.165) is 5.56 Å². The number of nitrogens with two attached hydrogens (primary N) is 1. The van der Waals surface area contributed by atoms with Crippen LogP contribution >= 0.6 is 0 Å². The number of rotatable bonds is 9. The maximum absolute atomic E-state index is 12.5. The Morgan fingerprint density at radius 2 is 1.63 bits per heavy atom. The van der Waals surface area contributed by atoms with Crippen LogP contribution in [-0.2, 0) is 16.0 Å². The first-order valence-electron chi connectivity index (χ1n) is 10.9. The zero-order valence-electron chi connectivity index (χ0n) is 19.5. The highest BCUT2D eigenvalue weighted by Crippen LogP contribution is 2.26. The van der Waals surface area contributed by atoms with Crippen LogP contribution in [0.4, 0.5) is 21.9 Å². The van der Waals surface area contributed by atoms with Crippen molar-refractivity contribution in [1.29, 1.82) is 0 Å². The van der Waals surface area contributed by atoms with E-state index < -0.39 is 18.0 Å². The summed E-state index contributed by atoms with van der Waals surface area (Å²) in [6, 6.07) is 18.3. The summed E-state index contributed by atoms with van der Waals surface area (Å²) in [7, 11) is 1.49. The van der Waals surface area contributed by atoms with Crippen molar-refractivity contribution >= 4 is 35.0 Å². The fourth-order valence-corrected chi connectivity index (χ4v) is 3.45. The van der Waals surface area contributed by atoms with Crippen LogP contribution in [0.2, 0.25) is 0 Å². The summed E-state index contributed by atoms with van der Waals surface area (Å²) in [6.07, 6.45) is -0.0850. The first-order chi connectivity index (χ1) is 16.7. The number of carbonyl (C=O) groups excluding carboxylic acids is 2. The number of aryl methyl sites for hydroxylation is 1. The summed E-state index contributed by atoms with van der Waals surface area (Å²) in [4.78, 5) is 35.7. The maximum Gasteiger partial charge on any atom is 0.323 e. The fraction of sp³-hybridized carbons (Fsp3) is 0.192. The zero-order chi connectivity index (χ0) is 25.4. The Hall–Kier alpha value is -4.37. The van der Waals surface area contributed by atoms with Crippen LogP contribution < -0.4 is 26.4 Å². The Balaban J connectivity index is 1.59. The van der Waals surface area contributed by atoms with Gasteiger partial charge in [-0.15, -0.1) is 0 Å². The van der Waals surface area contributed by atoms with Crippen LogP contribution in [-0.4, -0.2) is 30.1 Å². The molecule has 0 heterocycles. The van der Waals surface area contributed by atoms with Crippen LogP contribution in [0, 0.1) is 6.92 Å². The van der Waals surface area contributed by atoms with Gasteiger partial charge in [-0.1, -0.05) is 36.4 Å². The third kappa shape index (κ3) is 7.31. The van der Waals surface area contributed by atoms with Crippen molar-refractivity contribution in [2.75, 3.05) is 23.1 Å². The Kier molecular flexibility index (Phi) is 8.42. The molecular weight excluding hydrogens is 448 g/mol. The van der Waals surface area contributed by atoms with Crippen LogP contribution in [0.1, 0.15) is 29.2 Å². The molecule has 3 aromatic rings. The second-order valence-electron chi connectivity index (χ2n) is 7.98. The number of aliphatic carboxylic acids is 1. The molecule has 1 unspecified atom stereocenters. The summed E-state index contributed by atoms with van der Waals surface area (Å²) in [6.45, 7) is 1.90. The normalized spacial score (nSPS) is 11.3. The van der Waals surface area contributed by atoms with E-state index in [0.29, 0.717) is 33.9 Å². The molecule has 6 N–H and O–H groups in total. The van der Waals surface area contributed by atoms with Gasteiger partial charge in [0.2, 0.25) is 5.91 Å². The predicted octanol–water partition coefficient (Wildman–Crippen LogP) is 4.30. The molecule has 182 valence electrons. The van der Waals surface area contributed by atoms with E-state index in [1.54, 1.807) is 42.5 Å². The molecule has 0 bridgehead atoms. The molecule has 3 amide bonds. The van der Waals surface area contributed by atoms with Gasteiger partial charge in [0.05, 0.1) is 25.6 Å². The van der Waals surface area contributed by atoms with Gasteiger partial charge >= 0.3 is 12.0 Å². The molecule has 35 heavy (non-hydrogen) atoms. The maximum atomic E-state index is 12.5. The lowest BCUT2D eigenvalue weighted by Gasteiger charge is -2.14. The van der Waals surface area contributed by atoms with Gasteiger partial charge < -0.3 is 31.5 Å².